The van der Waals surface area contributed by atoms with Gasteiger partial charge in [-0.05, 0) is 52.8 Å². The number of alkyl halides is 3. The lowest BCUT2D eigenvalue weighted by atomic mass is 9.79. The summed E-state index contributed by atoms with van der Waals surface area (Å²) in [5.41, 5.74) is 1.48. The molecule has 0 radical (unpaired) electrons. The highest BCUT2D eigenvalue weighted by atomic mass is 19.4. The maximum atomic E-state index is 12.5. The number of benzene rings is 1. The minimum absolute atomic E-state index is 0.299. The Bertz CT molecular complexity index is 964. The number of aromatic nitrogens is 2. The largest absolute Gasteiger partial charge is 0.573 e. The third-order valence-electron chi connectivity index (χ3n) is 5.32. The molecule has 1 fully saturated rings. The Morgan fingerprint density at radius 2 is 1.80 bits per heavy atom. The molecule has 3 rings (SSSR count). The maximum Gasteiger partial charge on any atom is 0.573 e. The minimum atomic E-state index is -4.75. The minimum Gasteiger partial charge on any atom is -0.406 e. The van der Waals surface area contributed by atoms with Crippen LogP contribution in [0.25, 0.3) is 17.5 Å². The van der Waals surface area contributed by atoms with Gasteiger partial charge in [-0.25, -0.2) is 4.68 Å². The second-order valence-corrected chi connectivity index (χ2v) is 8.11. The van der Waals surface area contributed by atoms with E-state index in [9.17, 15) is 13.2 Å². The van der Waals surface area contributed by atoms with Gasteiger partial charge < -0.3 is 14.0 Å². The van der Waals surface area contributed by atoms with Crippen LogP contribution in [0.4, 0.5) is 13.2 Å². The zero-order valence-electron chi connectivity index (χ0n) is 17.6. The Morgan fingerprint density at radius 1 is 1.17 bits per heavy atom. The van der Waals surface area contributed by atoms with E-state index in [-0.39, 0.29) is 5.75 Å². The fourth-order valence-electron chi connectivity index (χ4n) is 2.94. The van der Waals surface area contributed by atoms with E-state index in [2.05, 4.69) is 16.4 Å². The molecule has 0 unspecified atom stereocenters. The highest BCUT2D eigenvalue weighted by Gasteiger charge is 2.52. The maximum absolute atomic E-state index is 12.5. The quantitative estimate of drug-likeness (QED) is 0.479. The van der Waals surface area contributed by atoms with E-state index in [1.807, 2.05) is 34.6 Å². The number of halogens is 3. The molecular formula is C21H24BF3N2O3. The van der Waals surface area contributed by atoms with E-state index in [1.54, 1.807) is 29.1 Å². The Hall–Kier alpha value is -2.52. The number of aryl methyl sites for hydroxylation is 1. The van der Waals surface area contributed by atoms with Crippen molar-refractivity contribution >= 4 is 13.3 Å². The molecule has 30 heavy (non-hydrogen) atoms. The first-order valence-electron chi connectivity index (χ1n) is 9.43. The van der Waals surface area contributed by atoms with Crippen molar-refractivity contribution in [1.29, 1.82) is 0 Å². The van der Waals surface area contributed by atoms with Crippen LogP contribution in [0.3, 0.4) is 0 Å². The van der Waals surface area contributed by atoms with E-state index < -0.39 is 24.7 Å². The van der Waals surface area contributed by atoms with Crippen LogP contribution in [-0.2, 0) is 9.31 Å². The van der Waals surface area contributed by atoms with Gasteiger partial charge in [-0.2, -0.15) is 5.10 Å². The zero-order chi connectivity index (χ0) is 22.3. The van der Waals surface area contributed by atoms with Gasteiger partial charge in [0.1, 0.15) is 5.75 Å². The lowest BCUT2D eigenvalue weighted by molar-refractivity contribution is -0.274. The van der Waals surface area contributed by atoms with Gasteiger partial charge in [0, 0.05) is 22.9 Å². The number of ether oxygens (including phenoxy) is 1. The van der Waals surface area contributed by atoms with Crippen molar-refractivity contribution in [1.82, 2.24) is 9.78 Å². The normalized spacial score (nSPS) is 18.5. The monoisotopic (exact) mass is 420 g/mol. The topological polar surface area (TPSA) is 45.5 Å². The third-order valence-corrected chi connectivity index (χ3v) is 5.32. The van der Waals surface area contributed by atoms with Crippen molar-refractivity contribution in [3.63, 3.8) is 0 Å². The molecule has 0 N–H and O–H groups in total. The van der Waals surface area contributed by atoms with Crippen molar-refractivity contribution in [2.24, 2.45) is 0 Å². The molecule has 0 aliphatic carbocycles. The summed E-state index contributed by atoms with van der Waals surface area (Å²) in [5.74, 6) is -0.299. The number of allylic oxidation sites excluding steroid dienone is 2. The number of hydrogen-bond donors (Lipinski definition) is 0. The SMILES string of the molecule is C=C/C(=C\n1nc(-c2cccc(OC(F)(F)F)c2)cc1C)B1OC(C)(C)C(C)(C)O1. The fraction of sp³-hybridized carbons (Fsp3) is 0.381. The van der Waals surface area contributed by atoms with Gasteiger partial charge in [0.05, 0.1) is 16.9 Å². The zero-order valence-corrected chi connectivity index (χ0v) is 17.6. The summed E-state index contributed by atoms with van der Waals surface area (Å²) >= 11 is 0. The smallest absolute Gasteiger partial charge is 0.406 e. The van der Waals surface area contributed by atoms with E-state index in [0.717, 1.165) is 5.69 Å². The molecule has 0 bridgehead atoms. The molecule has 1 aromatic heterocycles. The van der Waals surface area contributed by atoms with Crippen LogP contribution in [0.5, 0.6) is 5.75 Å². The van der Waals surface area contributed by atoms with E-state index in [0.29, 0.717) is 16.7 Å². The van der Waals surface area contributed by atoms with Crippen LogP contribution < -0.4 is 4.74 Å². The van der Waals surface area contributed by atoms with Gasteiger partial charge in [-0.15, -0.1) is 13.2 Å². The second-order valence-electron chi connectivity index (χ2n) is 8.11. The molecule has 1 saturated heterocycles. The summed E-state index contributed by atoms with van der Waals surface area (Å²) in [5, 5.41) is 4.49. The fourth-order valence-corrected chi connectivity index (χ4v) is 2.94. The average molecular weight is 420 g/mol. The molecule has 5 nitrogen and oxygen atoms in total. The highest BCUT2D eigenvalue weighted by Crippen LogP contribution is 2.39. The predicted octanol–water partition coefficient (Wildman–Crippen LogP) is 5.42. The van der Waals surface area contributed by atoms with Gasteiger partial charge in [-0.1, -0.05) is 24.8 Å². The molecule has 160 valence electrons. The van der Waals surface area contributed by atoms with Gasteiger partial charge in [0.25, 0.3) is 0 Å². The lowest BCUT2D eigenvalue weighted by Crippen LogP contribution is -2.41. The molecule has 0 saturated carbocycles. The van der Waals surface area contributed by atoms with Crippen molar-refractivity contribution < 1.29 is 27.2 Å². The summed E-state index contributed by atoms with van der Waals surface area (Å²) in [4.78, 5) is 0. The number of nitrogens with zero attached hydrogens (tertiary/aromatic N) is 2. The van der Waals surface area contributed by atoms with Crippen LogP contribution in [-0.4, -0.2) is 34.5 Å². The van der Waals surface area contributed by atoms with E-state index in [4.69, 9.17) is 9.31 Å². The van der Waals surface area contributed by atoms with Crippen molar-refractivity contribution in [2.45, 2.75) is 52.2 Å². The first-order chi connectivity index (χ1) is 13.8. The Balaban J connectivity index is 1.89. The Kier molecular flexibility index (Phi) is 5.64. The summed E-state index contributed by atoms with van der Waals surface area (Å²) in [7, 11) is -0.608. The van der Waals surface area contributed by atoms with Gasteiger partial charge in [0.2, 0.25) is 0 Å². The van der Waals surface area contributed by atoms with Gasteiger partial charge in [-0.3, -0.25) is 0 Å². The van der Waals surface area contributed by atoms with Crippen LogP contribution in [0.15, 0.2) is 48.5 Å². The third kappa shape index (κ3) is 4.62. The molecule has 2 heterocycles. The molecule has 0 spiro atoms. The van der Waals surface area contributed by atoms with Crippen LogP contribution >= 0.6 is 0 Å². The van der Waals surface area contributed by atoms with Crippen LogP contribution in [0, 0.1) is 6.92 Å². The summed E-state index contributed by atoms with van der Waals surface area (Å²) in [6.45, 7) is 13.5. The van der Waals surface area contributed by atoms with E-state index in [1.165, 1.54) is 18.2 Å². The summed E-state index contributed by atoms with van der Waals surface area (Å²) < 4.78 is 55.2. The molecule has 1 aliphatic rings. The molecule has 2 aromatic rings. The molecule has 0 amide bonds. The summed E-state index contributed by atoms with van der Waals surface area (Å²) in [6.07, 6.45) is -1.37. The van der Waals surface area contributed by atoms with Crippen molar-refractivity contribution in [3.05, 3.63) is 54.2 Å². The Morgan fingerprint density at radius 3 is 2.37 bits per heavy atom. The van der Waals surface area contributed by atoms with Gasteiger partial charge >= 0.3 is 13.5 Å². The van der Waals surface area contributed by atoms with Crippen LogP contribution in [0.2, 0.25) is 0 Å². The predicted molar refractivity (Wildman–Crippen MR) is 110 cm³/mol. The average Bonchev–Trinajstić information content (AvgIpc) is 3.07. The number of hydrogen-bond acceptors (Lipinski definition) is 4. The molecule has 1 aromatic carbocycles. The molecule has 1 aliphatic heterocycles. The highest BCUT2D eigenvalue weighted by molar-refractivity contribution is 6.56. The second kappa shape index (κ2) is 7.63. The van der Waals surface area contributed by atoms with Gasteiger partial charge in [0.15, 0.2) is 0 Å². The molecule has 9 heteroatoms. The van der Waals surface area contributed by atoms with Crippen molar-refractivity contribution in [3.8, 4) is 17.0 Å². The first-order valence-corrected chi connectivity index (χ1v) is 9.43. The first kappa shape index (κ1) is 22.2. The molecule has 0 atom stereocenters. The number of rotatable bonds is 5. The summed E-state index contributed by atoms with van der Waals surface area (Å²) in [6, 6.07) is 7.47. The Labute approximate surface area is 174 Å². The van der Waals surface area contributed by atoms with Crippen molar-refractivity contribution in [2.75, 3.05) is 0 Å². The van der Waals surface area contributed by atoms with E-state index >= 15 is 0 Å². The standard InChI is InChI=1S/C21H24BF3N2O3/c1-7-16(22-29-19(3,4)20(5,6)30-22)13-27-14(2)11-18(26-27)15-9-8-10-17(12-15)28-21(23,24)25/h7-13H,1H2,2-6H3/b16-13+. The van der Waals surface area contributed by atoms with Crippen LogP contribution in [0.1, 0.15) is 33.4 Å². The lowest BCUT2D eigenvalue weighted by Gasteiger charge is -2.32. The molecular weight excluding hydrogens is 396 g/mol.